The minimum Gasteiger partial charge on any atom is -0.299 e. The summed E-state index contributed by atoms with van der Waals surface area (Å²) in [4.78, 5) is 2.49. The van der Waals surface area contributed by atoms with Crippen LogP contribution in [0.15, 0.2) is 23.1 Å². The van der Waals surface area contributed by atoms with Gasteiger partial charge in [-0.1, -0.05) is 0 Å². The minimum absolute atomic E-state index is 0.353. The summed E-state index contributed by atoms with van der Waals surface area (Å²) in [7, 11) is 0. The van der Waals surface area contributed by atoms with E-state index in [1.807, 2.05) is 5.40 Å². The van der Waals surface area contributed by atoms with Gasteiger partial charge < -0.3 is 0 Å². The summed E-state index contributed by atoms with van der Waals surface area (Å²) in [6.45, 7) is 2.37. The largest absolute Gasteiger partial charge is 0.416 e. The molecule has 0 atom stereocenters. The van der Waals surface area contributed by atoms with Gasteiger partial charge in [0.2, 0.25) is 0 Å². The first kappa shape index (κ1) is 14.2. The molecule has 1 aromatic carbocycles. The Hall–Kier alpha value is -1.19. The molecule has 0 saturated carbocycles. The van der Waals surface area contributed by atoms with Crippen molar-refractivity contribution >= 4 is 11.8 Å². The Balaban J connectivity index is 2.25. The van der Waals surface area contributed by atoms with Crippen LogP contribution in [0.5, 0.6) is 0 Å². The van der Waals surface area contributed by atoms with E-state index in [4.69, 9.17) is 5.26 Å². The normalized spacial score (nSPS) is 16.5. The first-order valence-corrected chi connectivity index (χ1v) is 6.80. The van der Waals surface area contributed by atoms with E-state index in [2.05, 4.69) is 4.90 Å². The third kappa shape index (κ3) is 3.88. The maximum Gasteiger partial charge on any atom is 0.416 e. The van der Waals surface area contributed by atoms with Gasteiger partial charge in [0.15, 0.2) is 0 Å². The molecule has 102 valence electrons. The lowest BCUT2D eigenvalue weighted by atomic mass is 10.1. The molecule has 2 nitrogen and oxygen atoms in total. The number of thiocyanates is 1. The van der Waals surface area contributed by atoms with Crippen LogP contribution >= 0.6 is 11.8 Å². The second-order valence-electron chi connectivity index (χ2n) is 4.54. The van der Waals surface area contributed by atoms with Crippen LogP contribution < -0.4 is 0 Å². The highest BCUT2D eigenvalue weighted by atomic mass is 32.2. The summed E-state index contributed by atoms with van der Waals surface area (Å²) in [5, 5.41) is 10.4. The van der Waals surface area contributed by atoms with Crippen molar-refractivity contribution in [2.45, 2.75) is 30.5 Å². The Labute approximate surface area is 114 Å². The second-order valence-corrected chi connectivity index (χ2v) is 5.40. The Morgan fingerprint density at radius 3 is 2.47 bits per heavy atom. The van der Waals surface area contributed by atoms with Gasteiger partial charge in [0.25, 0.3) is 0 Å². The maximum atomic E-state index is 12.8. The molecule has 0 spiro atoms. The Bertz CT molecular complexity index is 488. The number of nitrogens with zero attached hydrogens (tertiary/aromatic N) is 2. The van der Waals surface area contributed by atoms with E-state index in [1.165, 1.54) is 6.07 Å². The van der Waals surface area contributed by atoms with E-state index in [1.54, 1.807) is 6.07 Å². The molecule has 0 N–H and O–H groups in total. The van der Waals surface area contributed by atoms with Gasteiger partial charge in [-0.2, -0.15) is 18.4 Å². The van der Waals surface area contributed by atoms with E-state index >= 15 is 0 Å². The fraction of sp³-hybridized carbons (Fsp3) is 0.462. The molecular weight excluding hydrogens is 273 g/mol. The van der Waals surface area contributed by atoms with Crippen LogP contribution in [0.2, 0.25) is 0 Å². The number of hydrogen-bond acceptors (Lipinski definition) is 3. The van der Waals surface area contributed by atoms with Gasteiger partial charge in [0.05, 0.1) is 5.56 Å². The van der Waals surface area contributed by atoms with Crippen molar-refractivity contribution in [1.29, 1.82) is 5.26 Å². The SMILES string of the molecule is N#CSc1cc(CN2CCCC2)cc(C(F)(F)F)c1. The Kier molecular flexibility index (Phi) is 4.38. The van der Waals surface area contributed by atoms with Gasteiger partial charge >= 0.3 is 6.18 Å². The maximum absolute atomic E-state index is 12.8. The standard InChI is InChI=1S/C13H13F3N2S/c14-13(15,16)11-5-10(6-12(7-11)19-9-17)8-18-3-1-2-4-18/h5-7H,1-4,8H2. The van der Waals surface area contributed by atoms with Crippen molar-refractivity contribution in [2.75, 3.05) is 13.1 Å². The van der Waals surface area contributed by atoms with E-state index in [-0.39, 0.29) is 0 Å². The molecular formula is C13H13F3N2S. The first-order chi connectivity index (χ1) is 8.99. The zero-order valence-electron chi connectivity index (χ0n) is 10.2. The van der Waals surface area contributed by atoms with Gasteiger partial charge in [-0.15, -0.1) is 0 Å². The van der Waals surface area contributed by atoms with Crippen molar-refractivity contribution in [3.63, 3.8) is 0 Å². The number of hydrogen-bond donors (Lipinski definition) is 0. The van der Waals surface area contributed by atoms with Crippen LogP contribution in [0.4, 0.5) is 13.2 Å². The van der Waals surface area contributed by atoms with Gasteiger partial charge in [-0.05, 0) is 61.5 Å². The Morgan fingerprint density at radius 2 is 1.89 bits per heavy atom. The van der Waals surface area contributed by atoms with Gasteiger partial charge in [0.1, 0.15) is 5.40 Å². The number of likely N-dealkylation sites (tertiary alicyclic amines) is 1. The quantitative estimate of drug-likeness (QED) is 0.623. The molecule has 1 heterocycles. The highest BCUT2D eigenvalue weighted by molar-refractivity contribution is 8.03. The third-order valence-electron chi connectivity index (χ3n) is 3.06. The van der Waals surface area contributed by atoms with Crippen LogP contribution in [0.3, 0.4) is 0 Å². The smallest absolute Gasteiger partial charge is 0.299 e. The number of rotatable bonds is 3. The highest BCUT2D eigenvalue weighted by Crippen LogP contribution is 2.33. The zero-order chi connectivity index (χ0) is 13.9. The molecule has 1 fully saturated rings. The average molecular weight is 286 g/mol. The van der Waals surface area contributed by atoms with E-state index in [0.717, 1.165) is 43.8 Å². The Morgan fingerprint density at radius 1 is 1.21 bits per heavy atom. The zero-order valence-corrected chi connectivity index (χ0v) is 11.0. The molecule has 0 amide bonds. The van der Waals surface area contributed by atoms with Crippen LogP contribution in [-0.4, -0.2) is 18.0 Å². The molecule has 1 aliphatic rings. The molecule has 0 radical (unpaired) electrons. The summed E-state index contributed by atoms with van der Waals surface area (Å²) in [5.74, 6) is 0. The van der Waals surface area contributed by atoms with Gasteiger partial charge in [-0.25, -0.2) is 0 Å². The molecule has 1 aliphatic heterocycles. The predicted molar refractivity (Wildman–Crippen MR) is 67.4 cm³/mol. The fourth-order valence-corrected chi connectivity index (χ4v) is 2.73. The molecule has 2 rings (SSSR count). The topological polar surface area (TPSA) is 27.0 Å². The van der Waals surface area contributed by atoms with Crippen LogP contribution in [0.1, 0.15) is 24.0 Å². The lowest BCUT2D eigenvalue weighted by Crippen LogP contribution is -2.19. The molecule has 0 bridgehead atoms. The predicted octanol–water partition coefficient (Wildman–Crippen LogP) is 3.87. The summed E-state index contributed by atoms with van der Waals surface area (Å²) >= 11 is 0.765. The van der Waals surface area contributed by atoms with Crippen LogP contribution in [0, 0.1) is 10.7 Å². The molecule has 19 heavy (non-hydrogen) atoms. The number of nitriles is 1. The van der Waals surface area contributed by atoms with Crippen molar-refractivity contribution in [3.05, 3.63) is 29.3 Å². The summed E-state index contributed by atoms with van der Waals surface area (Å²) < 4.78 is 38.4. The average Bonchev–Trinajstić information content (AvgIpc) is 2.81. The lowest BCUT2D eigenvalue weighted by molar-refractivity contribution is -0.137. The fourth-order valence-electron chi connectivity index (χ4n) is 2.23. The van der Waals surface area contributed by atoms with Crippen molar-refractivity contribution in [1.82, 2.24) is 4.90 Å². The van der Waals surface area contributed by atoms with Gasteiger partial charge in [-0.3, -0.25) is 4.90 Å². The van der Waals surface area contributed by atoms with Crippen molar-refractivity contribution in [2.24, 2.45) is 0 Å². The minimum atomic E-state index is -4.37. The number of halogens is 3. The molecule has 1 aromatic rings. The summed E-state index contributed by atoms with van der Waals surface area (Å²) in [6, 6.07) is 3.88. The first-order valence-electron chi connectivity index (χ1n) is 5.98. The van der Waals surface area contributed by atoms with Gasteiger partial charge in [0, 0.05) is 11.4 Å². The highest BCUT2D eigenvalue weighted by Gasteiger charge is 2.31. The number of alkyl halides is 3. The number of thioether (sulfide) groups is 1. The van der Waals surface area contributed by atoms with Crippen LogP contribution in [-0.2, 0) is 12.7 Å². The lowest BCUT2D eigenvalue weighted by Gasteiger charge is -2.16. The second kappa shape index (κ2) is 5.85. The van der Waals surface area contributed by atoms with Crippen molar-refractivity contribution in [3.8, 4) is 5.40 Å². The summed E-state index contributed by atoms with van der Waals surface area (Å²) in [6.07, 6.45) is -2.18. The molecule has 6 heteroatoms. The molecule has 1 saturated heterocycles. The number of benzene rings is 1. The van der Waals surface area contributed by atoms with E-state index in [0.29, 0.717) is 17.0 Å². The third-order valence-corrected chi connectivity index (χ3v) is 3.62. The molecule has 0 aliphatic carbocycles. The van der Waals surface area contributed by atoms with Crippen LogP contribution in [0.25, 0.3) is 0 Å². The monoisotopic (exact) mass is 286 g/mol. The summed E-state index contributed by atoms with van der Waals surface area (Å²) in [5.41, 5.74) is -0.0589. The van der Waals surface area contributed by atoms with Crippen molar-refractivity contribution < 1.29 is 13.2 Å². The van der Waals surface area contributed by atoms with E-state index < -0.39 is 11.7 Å². The molecule has 0 unspecified atom stereocenters. The molecule has 0 aromatic heterocycles. The van der Waals surface area contributed by atoms with E-state index in [9.17, 15) is 13.2 Å².